The summed E-state index contributed by atoms with van der Waals surface area (Å²) in [6.07, 6.45) is 1.71. The number of nitrogens with one attached hydrogen (secondary N) is 1. The second-order valence-electron chi connectivity index (χ2n) is 7.50. The molecule has 0 bridgehead atoms. The normalized spacial score (nSPS) is 15.2. The van der Waals surface area contributed by atoms with E-state index in [9.17, 15) is 14.0 Å². The van der Waals surface area contributed by atoms with Crippen LogP contribution >= 0.6 is 0 Å². The van der Waals surface area contributed by atoms with Crippen LogP contribution in [-0.4, -0.2) is 21.4 Å². The van der Waals surface area contributed by atoms with Gasteiger partial charge in [0.15, 0.2) is 0 Å². The van der Waals surface area contributed by atoms with E-state index in [0.717, 1.165) is 27.5 Å². The van der Waals surface area contributed by atoms with Gasteiger partial charge in [-0.25, -0.2) is 9.18 Å². The van der Waals surface area contributed by atoms with Gasteiger partial charge in [0.1, 0.15) is 11.5 Å². The van der Waals surface area contributed by atoms with Gasteiger partial charge in [-0.1, -0.05) is 29.8 Å². The first-order valence-corrected chi connectivity index (χ1v) is 9.68. The second kappa shape index (κ2) is 7.63. The van der Waals surface area contributed by atoms with Gasteiger partial charge >= 0.3 is 6.03 Å². The number of nitrogens with zero attached hydrogens (tertiary/aromatic N) is 2. The van der Waals surface area contributed by atoms with E-state index in [1.807, 2.05) is 26.8 Å². The predicted molar refractivity (Wildman–Crippen MR) is 113 cm³/mol. The van der Waals surface area contributed by atoms with Crippen molar-refractivity contribution >= 4 is 18.0 Å². The molecule has 152 valence electrons. The second-order valence-corrected chi connectivity index (χ2v) is 7.50. The van der Waals surface area contributed by atoms with Crippen molar-refractivity contribution in [2.75, 3.05) is 0 Å². The zero-order valence-electron chi connectivity index (χ0n) is 17.1. The molecule has 0 spiro atoms. The average molecular weight is 403 g/mol. The molecular formula is C24H22FN3O2. The van der Waals surface area contributed by atoms with Crippen molar-refractivity contribution < 1.29 is 14.0 Å². The summed E-state index contributed by atoms with van der Waals surface area (Å²) >= 11 is 0. The standard InChI is InChI=1S/C24H22FN3O2/c1-15-4-10-21(11-5-15)28-16(2)12-19(17(28)3)13-22-23(29)27(24(30)26-22)14-18-6-8-20(25)9-7-18/h4-13H,14H2,1-3H3,(H,26,30). The minimum Gasteiger partial charge on any atom is -0.318 e. The first kappa shape index (κ1) is 19.6. The van der Waals surface area contributed by atoms with Gasteiger partial charge in [-0.05, 0) is 68.3 Å². The first-order chi connectivity index (χ1) is 14.3. The number of rotatable bonds is 4. The summed E-state index contributed by atoms with van der Waals surface area (Å²) in [4.78, 5) is 26.3. The Hall–Kier alpha value is -3.67. The third-order valence-electron chi connectivity index (χ3n) is 5.28. The Bertz CT molecular complexity index is 1160. The van der Waals surface area contributed by atoms with Crippen LogP contribution in [0.25, 0.3) is 11.8 Å². The van der Waals surface area contributed by atoms with Gasteiger partial charge < -0.3 is 9.88 Å². The first-order valence-electron chi connectivity index (χ1n) is 9.68. The van der Waals surface area contributed by atoms with Crippen molar-refractivity contribution in [1.82, 2.24) is 14.8 Å². The van der Waals surface area contributed by atoms with E-state index in [1.165, 1.54) is 17.7 Å². The number of halogens is 1. The highest BCUT2D eigenvalue weighted by Gasteiger charge is 2.33. The molecule has 6 heteroatoms. The lowest BCUT2D eigenvalue weighted by Gasteiger charge is -2.11. The zero-order valence-corrected chi connectivity index (χ0v) is 17.1. The molecule has 3 aromatic rings. The van der Waals surface area contributed by atoms with Crippen LogP contribution in [0.4, 0.5) is 9.18 Å². The summed E-state index contributed by atoms with van der Waals surface area (Å²) in [7, 11) is 0. The Labute approximate surface area is 174 Å². The fourth-order valence-corrected chi connectivity index (χ4v) is 3.67. The van der Waals surface area contributed by atoms with Crippen molar-refractivity contribution in [2.24, 2.45) is 0 Å². The third-order valence-corrected chi connectivity index (χ3v) is 5.28. The predicted octanol–water partition coefficient (Wildman–Crippen LogP) is 4.63. The Morgan fingerprint density at radius 2 is 1.63 bits per heavy atom. The maximum atomic E-state index is 13.1. The number of hydrogen-bond donors (Lipinski definition) is 1. The summed E-state index contributed by atoms with van der Waals surface area (Å²) < 4.78 is 15.2. The number of urea groups is 1. The number of hydrogen-bond acceptors (Lipinski definition) is 2. The smallest absolute Gasteiger partial charge is 0.318 e. The van der Waals surface area contributed by atoms with Crippen LogP contribution in [0.1, 0.15) is 28.1 Å². The summed E-state index contributed by atoms with van der Waals surface area (Å²) in [5, 5.41) is 2.65. The Balaban J connectivity index is 1.61. The lowest BCUT2D eigenvalue weighted by Crippen LogP contribution is -2.30. The van der Waals surface area contributed by atoms with Crippen molar-refractivity contribution in [3.05, 3.63) is 94.2 Å². The molecule has 1 saturated heterocycles. The van der Waals surface area contributed by atoms with E-state index in [4.69, 9.17) is 0 Å². The number of aryl methyl sites for hydroxylation is 2. The molecule has 1 fully saturated rings. The van der Waals surface area contributed by atoms with Crippen LogP contribution in [0.3, 0.4) is 0 Å². The van der Waals surface area contributed by atoms with Gasteiger partial charge in [0.25, 0.3) is 5.91 Å². The maximum absolute atomic E-state index is 13.1. The SMILES string of the molecule is Cc1ccc(-n2c(C)cc(C=C3NC(=O)N(Cc4ccc(F)cc4)C3=O)c2C)cc1. The lowest BCUT2D eigenvalue weighted by atomic mass is 10.2. The van der Waals surface area contributed by atoms with Crippen LogP contribution in [0.2, 0.25) is 0 Å². The van der Waals surface area contributed by atoms with Crippen LogP contribution in [-0.2, 0) is 11.3 Å². The number of carbonyl (C=O) groups excluding carboxylic acids is 2. The topological polar surface area (TPSA) is 54.3 Å². The van der Waals surface area contributed by atoms with E-state index in [-0.39, 0.29) is 18.1 Å². The van der Waals surface area contributed by atoms with Crippen LogP contribution in [0, 0.1) is 26.6 Å². The van der Waals surface area contributed by atoms with Crippen molar-refractivity contribution in [3.63, 3.8) is 0 Å². The van der Waals surface area contributed by atoms with Gasteiger partial charge in [0.2, 0.25) is 0 Å². The van der Waals surface area contributed by atoms with Gasteiger partial charge in [-0.3, -0.25) is 9.69 Å². The Kier molecular flexibility index (Phi) is 4.99. The molecule has 0 unspecified atom stereocenters. The molecule has 3 amide bonds. The van der Waals surface area contributed by atoms with E-state index in [0.29, 0.717) is 5.56 Å². The number of amides is 3. The number of benzene rings is 2. The molecule has 1 aliphatic rings. The number of aromatic nitrogens is 1. The summed E-state index contributed by atoms with van der Waals surface area (Å²) in [6, 6.07) is 15.5. The molecule has 4 rings (SSSR count). The van der Waals surface area contributed by atoms with Gasteiger partial charge in [0.05, 0.1) is 6.54 Å². The van der Waals surface area contributed by atoms with Crippen LogP contribution < -0.4 is 5.32 Å². The maximum Gasteiger partial charge on any atom is 0.329 e. The summed E-state index contributed by atoms with van der Waals surface area (Å²) in [5.74, 6) is -0.759. The molecule has 2 aromatic carbocycles. The molecule has 2 heterocycles. The fourth-order valence-electron chi connectivity index (χ4n) is 3.67. The Morgan fingerprint density at radius 1 is 0.967 bits per heavy atom. The molecule has 1 aromatic heterocycles. The molecular weight excluding hydrogens is 381 g/mol. The van der Waals surface area contributed by atoms with Crippen LogP contribution in [0.5, 0.6) is 0 Å². The third kappa shape index (κ3) is 3.64. The molecule has 0 aliphatic carbocycles. The monoisotopic (exact) mass is 403 g/mol. The number of imide groups is 1. The van der Waals surface area contributed by atoms with E-state index < -0.39 is 11.9 Å². The molecule has 1 aliphatic heterocycles. The largest absolute Gasteiger partial charge is 0.329 e. The van der Waals surface area contributed by atoms with Gasteiger partial charge in [-0.15, -0.1) is 0 Å². The molecule has 5 nitrogen and oxygen atoms in total. The van der Waals surface area contributed by atoms with E-state index in [1.54, 1.807) is 18.2 Å². The van der Waals surface area contributed by atoms with Crippen molar-refractivity contribution in [2.45, 2.75) is 27.3 Å². The van der Waals surface area contributed by atoms with Crippen molar-refractivity contribution in [3.8, 4) is 5.69 Å². The summed E-state index contributed by atoms with van der Waals surface area (Å²) in [6.45, 7) is 6.12. The summed E-state index contributed by atoms with van der Waals surface area (Å²) in [5.41, 5.74) is 6.00. The lowest BCUT2D eigenvalue weighted by molar-refractivity contribution is -0.123. The van der Waals surface area contributed by atoms with Gasteiger partial charge in [0, 0.05) is 17.1 Å². The average Bonchev–Trinajstić information content (AvgIpc) is 3.14. The quantitative estimate of drug-likeness (QED) is 0.510. The van der Waals surface area contributed by atoms with E-state index >= 15 is 0 Å². The Morgan fingerprint density at radius 3 is 2.30 bits per heavy atom. The zero-order chi connectivity index (χ0) is 21.4. The molecule has 0 atom stereocenters. The van der Waals surface area contributed by atoms with Crippen LogP contribution in [0.15, 0.2) is 60.3 Å². The highest BCUT2D eigenvalue weighted by molar-refractivity contribution is 6.13. The molecule has 1 N–H and O–H groups in total. The minimum absolute atomic E-state index is 0.0880. The van der Waals surface area contributed by atoms with Crippen molar-refractivity contribution in [1.29, 1.82) is 0 Å². The molecule has 30 heavy (non-hydrogen) atoms. The van der Waals surface area contributed by atoms with E-state index in [2.05, 4.69) is 34.1 Å². The molecule has 0 radical (unpaired) electrons. The highest BCUT2D eigenvalue weighted by Crippen LogP contribution is 2.24. The molecule has 0 saturated carbocycles. The number of carbonyl (C=O) groups is 2. The fraction of sp³-hybridized carbons (Fsp3) is 0.167. The van der Waals surface area contributed by atoms with Gasteiger partial charge in [-0.2, -0.15) is 0 Å². The highest BCUT2D eigenvalue weighted by atomic mass is 19.1. The minimum atomic E-state index is -0.483.